The van der Waals surface area contributed by atoms with Crippen molar-refractivity contribution in [1.29, 1.82) is 0 Å². The summed E-state index contributed by atoms with van der Waals surface area (Å²) in [5, 5.41) is 15.3. The summed E-state index contributed by atoms with van der Waals surface area (Å²) in [4.78, 5) is 12.1. The van der Waals surface area contributed by atoms with E-state index in [2.05, 4.69) is 23.5 Å². The zero-order chi connectivity index (χ0) is 15.5. The lowest BCUT2D eigenvalue weighted by Crippen LogP contribution is -2.35. The molecule has 112 valence electrons. The van der Waals surface area contributed by atoms with Crippen LogP contribution >= 0.6 is 0 Å². The Labute approximate surface area is 126 Å². The van der Waals surface area contributed by atoms with Crippen molar-refractivity contribution in [2.75, 3.05) is 0 Å². The second-order valence-electron chi connectivity index (χ2n) is 5.88. The minimum Gasteiger partial charge on any atom is -0.390 e. The number of hydrogen-bond donors (Lipinski definition) is 2. The number of nitrogens with one attached hydrogen (secondary N) is 1. The number of carbonyl (C=O) groups is 1. The third-order valence-corrected chi connectivity index (χ3v) is 3.97. The molecular weight excluding hydrogens is 262 g/mol. The molecule has 0 radical (unpaired) electrons. The van der Waals surface area contributed by atoms with Gasteiger partial charge >= 0.3 is 0 Å². The molecule has 0 fully saturated rings. The van der Waals surface area contributed by atoms with Crippen molar-refractivity contribution >= 4 is 16.7 Å². The van der Waals surface area contributed by atoms with E-state index in [4.69, 9.17) is 0 Å². The summed E-state index contributed by atoms with van der Waals surface area (Å²) in [7, 11) is 0. The second-order valence-corrected chi connectivity index (χ2v) is 5.88. The highest BCUT2D eigenvalue weighted by molar-refractivity contribution is 5.87. The number of amides is 1. The number of fused-ring (bicyclic) bond motifs is 1. The fraction of sp³-hybridized carbons (Fsp3) is 0.389. The highest BCUT2D eigenvalue weighted by Gasteiger charge is 2.23. The summed E-state index contributed by atoms with van der Waals surface area (Å²) in [5.41, 5.74) is 0.153. The largest absolute Gasteiger partial charge is 0.390 e. The summed E-state index contributed by atoms with van der Waals surface area (Å²) in [6.07, 6.45) is 0.682. The van der Waals surface area contributed by atoms with E-state index in [9.17, 15) is 9.90 Å². The average Bonchev–Trinajstić information content (AvgIpc) is 2.46. The number of hydrogen-bond acceptors (Lipinski definition) is 2. The fourth-order valence-corrected chi connectivity index (χ4v) is 2.47. The molecule has 0 heterocycles. The van der Waals surface area contributed by atoms with Crippen LogP contribution < -0.4 is 5.32 Å². The van der Waals surface area contributed by atoms with Gasteiger partial charge in [0, 0.05) is 0 Å². The molecule has 2 unspecified atom stereocenters. The van der Waals surface area contributed by atoms with Gasteiger partial charge in [0.15, 0.2) is 0 Å². The molecule has 2 N–H and O–H groups in total. The maximum absolute atomic E-state index is 12.1. The van der Waals surface area contributed by atoms with E-state index in [1.54, 1.807) is 6.92 Å². The number of rotatable bonds is 5. The molecule has 0 saturated heterocycles. The molecular formula is C18H23NO2. The maximum Gasteiger partial charge on any atom is 0.223 e. The van der Waals surface area contributed by atoms with Gasteiger partial charge in [-0.3, -0.25) is 4.79 Å². The molecule has 2 atom stereocenters. The molecule has 2 rings (SSSR count). The average molecular weight is 285 g/mol. The van der Waals surface area contributed by atoms with E-state index >= 15 is 0 Å². The van der Waals surface area contributed by atoms with Gasteiger partial charge in [0.2, 0.25) is 5.91 Å². The van der Waals surface area contributed by atoms with Gasteiger partial charge < -0.3 is 10.4 Å². The van der Waals surface area contributed by atoms with Crippen LogP contribution in [0.1, 0.15) is 45.2 Å². The molecule has 3 nitrogen and oxygen atoms in total. The first-order chi connectivity index (χ1) is 9.93. The fourth-order valence-electron chi connectivity index (χ4n) is 2.47. The van der Waals surface area contributed by atoms with Crippen molar-refractivity contribution in [1.82, 2.24) is 5.32 Å². The zero-order valence-electron chi connectivity index (χ0n) is 12.9. The van der Waals surface area contributed by atoms with Crippen LogP contribution in [0.15, 0.2) is 42.5 Å². The first-order valence-electron chi connectivity index (χ1n) is 7.42. The normalized spacial score (nSPS) is 15.4. The van der Waals surface area contributed by atoms with Crippen molar-refractivity contribution < 1.29 is 9.90 Å². The Morgan fingerprint density at radius 3 is 2.62 bits per heavy atom. The Morgan fingerprint density at radius 2 is 1.90 bits per heavy atom. The summed E-state index contributed by atoms with van der Waals surface area (Å²) >= 11 is 0. The Morgan fingerprint density at radius 1 is 1.24 bits per heavy atom. The molecule has 0 bridgehead atoms. The minimum atomic E-state index is -0.942. The predicted octanol–water partition coefficient (Wildman–Crippen LogP) is 3.57. The topological polar surface area (TPSA) is 49.3 Å². The molecule has 2 aromatic carbocycles. The van der Waals surface area contributed by atoms with Crippen LogP contribution in [0.4, 0.5) is 0 Å². The quantitative estimate of drug-likeness (QED) is 0.882. The van der Waals surface area contributed by atoms with E-state index in [0.717, 1.165) is 16.3 Å². The highest BCUT2D eigenvalue weighted by atomic mass is 16.3. The lowest BCUT2D eigenvalue weighted by atomic mass is 9.97. The Kier molecular flexibility index (Phi) is 4.63. The van der Waals surface area contributed by atoms with Crippen molar-refractivity contribution in [3.05, 3.63) is 48.0 Å². The van der Waals surface area contributed by atoms with Crippen molar-refractivity contribution in [2.45, 2.75) is 45.3 Å². The molecule has 0 saturated carbocycles. The molecule has 0 aromatic heterocycles. The first kappa shape index (κ1) is 15.5. The molecule has 3 heteroatoms. The summed E-state index contributed by atoms with van der Waals surface area (Å²) < 4.78 is 0. The van der Waals surface area contributed by atoms with Gasteiger partial charge in [0.25, 0.3) is 0 Å². The van der Waals surface area contributed by atoms with Gasteiger partial charge in [-0.25, -0.2) is 0 Å². The van der Waals surface area contributed by atoms with Gasteiger partial charge in [-0.15, -0.1) is 0 Å². The first-order valence-corrected chi connectivity index (χ1v) is 7.42. The lowest BCUT2D eigenvalue weighted by Gasteiger charge is -2.23. The SMILES string of the molecule is CCC(C)(O)CC(=O)NC(C)c1cccc2ccccc12. The van der Waals surface area contributed by atoms with E-state index < -0.39 is 5.60 Å². The molecule has 1 amide bonds. The molecule has 2 aromatic rings. The number of benzene rings is 2. The number of carbonyl (C=O) groups excluding carboxylic acids is 1. The van der Waals surface area contributed by atoms with Crippen LogP contribution in [0.3, 0.4) is 0 Å². The monoisotopic (exact) mass is 285 g/mol. The van der Waals surface area contributed by atoms with Crippen LogP contribution in [-0.4, -0.2) is 16.6 Å². The van der Waals surface area contributed by atoms with Crippen molar-refractivity contribution in [2.24, 2.45) is 0 Å². The van der Waals surface area contributed by atoms with Gasteiger partial charge in [0.1, 0.15) is 0 Å². The molecule has 0 spiro atoms. The Balaban J connectivity index is 2.16. The highest BCUT2D eigenvalue weighted by Crippen LogP contribution is 2.24. The summed E-state index contributed by atoms with van der Waals surface area (Å²) in [6, 6.07) is 14.2. The van der Waals surface area contributed by atoms with Crippen molar-refractivity contribution in [3.63, 3.8) is 0 Å². The lowest BCUT2D eigenvalue weighted by molar-refractivity contribution is -0.126. The third-order valence-electron chi connectivity index (χ3n) is 3.97. The minimum absolute atomic E-state index is 0.0868. The summed E-state index contributed by atoms with van der Waals surface area (Å²) in [6.45, 7) is 5.54. The molecule has 0 aliphatic rings. The predicted molar refractivity (Wildman–Crippen MR) is 86.0 cm³/mol. The number of aliphatic hydroxyl groups is 1. The molecule has 0 aliphatic carbocycles. The van der Waals surface area contributed by atoms with Crippen LogP contribution in [0.25, 0.3) is 10.8 Å². The standard InChI is InChI=1S/C18H23NO2/c1-4-18(3,21)12-17(20)19-13(2)15-11-7-9-14-8-5-6-10-16(14)15/h5-11,13,21H,4,12H2,1-3H3,(H,19,20). The van der Waals surface area contributed by atoms with E-state index in [-0.39, 0.29) is 18.4 Å². The van der Waals surface area contributed by atoms with E-state index in [1.165, 1.54) is 0 Å². The second kappa shape index (κ2) is 6.27. The van der Waals surface area contributed by atoms with E-state index in [1.807, 2.05) is 38.1 Å². The van der Waals surface area contributed by atoms with Gasteiger partial charge in [-0.1, -0.05) is 49.4 Å². The van der Waals surface area contributed by atoms with E-state index in [0.29, 0.717) is 6.42 Å². The third kappa shape index (κ3) is 3.82. The summed E-state index contributed by atoms with van der Waals surface area (Å²) in [5.74, 6) is -0.123. The van der Waals surface area contributed by atoms with Gasteiger partial charge in [0.05, 0.1) is 18.1 Å². The van der Waals surface area contributed by atoms with Crippen LogP contribution in [0.5, 0.6) is 0 Å². The van der Waals surface area contributed by atoms with Gasteiger partial charge in [-0.05, 0) is 36.6 Å². The van der Waals surface area contributed by atoms with Crippen molar-refractivity contribution in [3.8, 4) is 0 Å². The Hall–Kier alpha value is -1.87. The molecule has 21 heavy (non-hydrogen) atoms. The van der Waals surface area contributed by atoms with Crippen LogP contribution in [0.2, 0.25) is 0 Å². The smallest absolute Gasteiger partial charge is 0.223 e. The Bertz CT molecular complexity index is 629. The van der Waals surface area contributed by atoms with Gasteiger partial charge in [-0.2, -0.15) is 0 Å². The van der Waals surface area contributed by atoms with Crippen LogP contribution in [0, 0.1) is 0 Å². The zero-order valence-corrected chi connectivity index (χ0v) is 12.9. The maximum atomic E-state index is 12.1. The van der Waals surface area contributed by atoms with Crippen LogP contribution in [-0.2, 0) is 4.79 Å². The molecule has 0 aliphatic heterocycles.